The van der Waals surface area contributed by atoms with Crippen LogP contribution >= 0.6 is 0 Å². The van der Waals surface area contributed by atoms with Crippen LogP contribution < -0.4 is 5.32 Å². The predicted molar refractivity (Wildman–Crippen MR) is 89.1 cm³/mol. The molecule has 0 atom stereocenters. The summed E-state index contributed by atoms with van der Waals surface area (Å²) in [5, 5.41) is 18.0. The van der Waals surface area contributed by atoms with Crippen molar-refractivity contribution in [3.05, 3.63) is 37.1 Å². The van der Waals surface area contributed by atoms with Gasteiger partial charge in [0.25, 0.3) is 0 Å². The fraction of sp³-hybridized carbons (Fsp3) is 0.375. The molecule has 8 nitrogen and oxygen atoms in total. The van der Waals surface area contributed by atoms with Gasteiger partial charge in [-0.3, -0.25) is 4.79 Å². The summed E-state index contributed by atoms with van der Waals surface area (Å²) in [6.45, 7) is 15.3. The molecule has 0 heterocycles. The standard InChI is InChI=1S/C8H14O2.C4H7NO.C4H4O4/c1-6(2)7(9)10-8(3,4)5;1-3-5-4(2)6;5-3(6)1-2-4(7)8/h1H2,2-5H3;3H,1H2,2H3,(H,5,6);1-2H,(H,5,6)(H,7,8)/b;;2-1-. The van der Waals surface area contributed by atoms with E-state index in [1.165, 1.54) is 13.1 Å². The summed E-state index contributed by atoms with van der Waals surface area (Å²) in [6.07, 6.45) is 2.47. The highest BCUT2D eigenvalue weighted by Gasteiger charge is 2.15. The van der Waals surface area contributed by atoms with Crippen LogP contribution in [0.25, 0.3) is 0 Å². The Morgan fingerprint density at radius 3 is 1.46 bits per heavy atom. The Hall–Kier alpha value is -2.90. The lowest BCUT2D eigenvalue weighted by molar-refractivity contribution is -0.149. The Balaban J connectivity index is -0.000000285. The van der Waals surface area contributed by atoms with Gasteiger partial charge in [-0.15, -0.1) is 0 Å². The van der Waals surface area contributed by atoms with Crippen LogP contribution in [0.4, 0.5) is 0 Å². The normalized spacial score (nSPS) is 9.38. The van der Waals surface area contributed by atoms with E-state index in [0.29, 0.717) is 17.7 Å². The summed E-state index contributed by atoms with van der Waals surface area (Å²) >= 11 is 0. The molecule has 0 rings (SSSR count). The number of amides is 1. The van der Waals surface area contributed by atoms with Crippen LogP contribution in [-0.4, -0.2) is 39.6 Å². The minimum Gasteiger partial charge on any atom is -0.478 e. The number of rotatable bonds is 4. The molecule has 0 spiro atoms. The van der Waals surface area contributed by atoms with Crippen molar-refractivity contribution >= 4 is 23.8 Å². The lowest BCUT2D eigenvalue weighted by Crippen LogP contribution is -2.23. The Morgan fingerprint density at radius 1 is 1.00 bits per heavy atom. The molecule has 0 aliphatic carbocycles. The van der Waals surface area contributed by atoms with Gasteiger partial charge in [-0.1, -0.05) is 13.2 Å². The van der Waals surface area contributed by atoms with E-state index in [2.05, 4.69) is 18.5 Å². The van der Waals surface area contributed by atoms with E-state index in [9.17, 15) is 19.2 Å². The van der Waals surface area contributed by atoms with Crippen molar-refractivity contribution in [3.63, 3.8) is 0 Å². The molecular weight excluding hydrogens is 318 g/mol. The van der Waals surface area contributed by atoms with Crippen molar-refractivity contribution < 1.29 is 34.1 Å². The van der Waals surface area contributed by atoms with Gasteiger partial charge in [0, 0.05) is 24.6 Å². The van der Waals surface area contributed by atoms with Gasteiger partial charge in [-0.2, -0.15) is 0 Å². The van der Waals surface area contributed by atoms with E-state index in [0.717, 1.165) is 0 Å². The van der Waals surface area contributed by atoms with Crippen LogP contribution in [-0.2, 0) is 23.9 Å². The van der Waals surface area contributed by atoms with Gasteiger partial charge < -0.3 is 20.3 Å². The van der Waals surface area contributed by atoms with E-state index >= 15 is 0 Å². The number of hydrogen-bond acceptors (Lipinski definition) is 5. The van der Waals surface area contributed by atoms with E-state index in [1.807, 2.05) is 20.8 Å². The van der Waals surface area contributed by atoms with Crippen LogP contribution in [0, 0.1) is 0 Å². The van der Waals surface area contributed by atoms with Crippen LogP contribution in [0.5, 0.6) is 0 Å². The molecule has 0 aromatic heterocycles. The minimum atomic E-state index is -1.26. The second-order valence-electron chi connectivity index (χ2n) is 5.20. The Kier molecular flexibility index (Phi) is 14.9. The molecule has 3 N–H and O–H groups in total. The van der Waals surface area contributed by atoms with Crippen molar-refractivity contribution in [2.75, 3.05) is 0 Å². The van der Waals surface area contributed by atoms with Gasteiger partial charge in [0.1, 0.15) is 5.60 Å². The third kappa shape index (κ3) is 31.5. The number of esters is 1. The Bertz CT molecular complexity index is 483. The molecule has 0 aliphatic rings. The average molecular weight is 343 g/mol. The van der Waals surface area contributed by atoms with Gasteiger partial charge in [0.05, 0.1) is 0 Å². The van der Waals surface area contributed by atoms with Crippen LogP contribution in [0.1, 0.15) is 34.6 Å². The molecule has 0 saturated carbocycles. The fourth-order valence-electron chi connectivity index (χ4n) is 0.652. The van der Waals surface area contributed by atoms with E-state index in [1.54, 1.807) is 6.92 Å². The quantitative estimate of drug-likeness (QED) is 0.525. The highest BCUT2D eigenvalue weighted by atomic mass is 16.6. The van der Waals surface area contributed by atoms with Crippen LogP contribution in [0.15, 0.2) is 37.1 Å². The summed E-state index contributed by atoms with van der Waals surface area (Å²) in [5.41, 5.74) is 0.0330. The molecule has 0 saturated heterocycles. The van der Waals surface area contributed by atoms with E-state index in [-0.39, 0.29) is 11.9 Å². The summed E-state index contributed by atoms with van der Waals surface area (Å²) < 4.78 is 4.96. The van der Waals surface area contributed by atoms with Gasteiger partial charge in [-0.05, 0) is 33.9 Å². The van der Waals surface area contributed by atoms with Crippen molar-refractivity contribution in [3.8, 4) is 0 Å². The fourth-order valence-corrected chi connectivity index (χ4v) is 0.652. The minimum absolute atomic E-state index is 0.0787. The zero-order valence-electron chi connectivity index (χ0n) is 14.6. The van der Waals surface area contributed by atoms with Crippen LogP contribution in [0.2, 0.25) is 0 Å². The summed E-state index contributed by atoms with van der Waals surface area (Å²) in [5.74, 6) is -2.92. The molecule has 0 bridgehead atoms. The van der Waals surface area contributed by atoms with Gasteiger partial charge in [0.15, 0.2) is 0 Å². The lowest BCUT2D eigenvalue weighted by Gasteiger charge is -2.19. The lowest BCUT2D eigenvalue weighted by atomic mass is 10.2. The number of nitrogens with one attached hydrogen (secondary N) is 1. The third-order valence-electron chi connectivity index (χ3n) is 1.42. The second kappa shape index (κ2) is 13.7. The SMILES string of the molecule is C=C(C)C(=O)OC(C)(C)C.C=CNC(C)=O.O=C(O)/C=C\C(=O)O. The molecule has 0 aliphatic heterocycles. The molecule has 1 amide bonds. The molecule has 24 heavy (non-hydrogen) atoms. The zero-order chi connectivity index (χ0) is 19.9. The number of hydrogen-bond donors (Lipinski definition) is 3. The third-order valence-corrected chi connectivity index (χ3v) is 1.42. The largest absolute Gasteiger partial charge is 0.478 e. The average Bonchev–Trinajstić information content (AvgIpc) is 2.35. The highest BCUT2D eigenvalue weighted by Crippen LogP contribution is 2.09. The number of carboxylic acid groups (broad SMARTS) is 2. The van der Waals surface area contributed by atoms with Crippen LogP contribution in [0.3, 0.4) is 0 Å². The number of carbonyl (C=O) groups excluding carboxylic acids is 2. The first-order valence-electron chi connectivity index (χ1n) is 6.63. The predicted octanol–water partition coefficient (Wildman–Crippen LogP) is 1.88. The molecular formula is C16H25NO7. The summed E-state index contributed by atoms with van der Waals surface area (Å²) in [4.78, 5) is 39.8. The van der Waals surface area contributed by atoms with Gasteiger partial charge in [0.2, 0.25) is 5.91 Å². The molecule has 0 aromatic rings. The number of aliphatic carboxylic acids is 2. The van der Waals surface area contributed by atoms with E-state index < -0.39 is 17.5 Å². The highest BCUT2D eigenvalue weighted by molar-refractivity contribution is 5.89. The maximum atomic E-state index is 10.8. The van der Waals surface area contributed by atoms with Crippen molar-refractivity contribution in [2.24, 2.45) is 0 Å². The topological polar surface area (TPSA) is 130 Å². The second-order valence-corrected chi connectivity index (χ2v) is 5.20. The molecule has 136 valence electrons. The smallest absolute Gasteiger partial charge is 0.333 e. The number of ether oxygens (including phenoxy) is 1. The molecule has 0 unspecified atom stereocenters. The van der Waals surface area contributed by atoms with E-state index in [4.69, 9.17) is 14.9 Å². The van der Waals surface area contributed by atoms with Crippen molar-refractivity contribution in [1.82, 2.24) is 5.32 Å². The first-order valence-corrected chi connectivity index (χ1v) is 6.63. The van der Waals surface area contributed by atoms with Gasteiger partial charge >= 0.3 is 17.9 Å². The Labute approximate surface area is 141 Å². The molecule has 0 fully saturated rings. The summed E-state index contributed by atoms with van der Waals surface area (Å²) in [6, 6.07) is 0. The van der Waals surface area contributed by atoms with Crippen molar-refractivity contribution in [2.45, 2.75) is 40.2 Å². The maximum absolute atomic E-state index is 10.8. The molecule has 8 heteroatoms. The number of carboxylic acids is 2. The Morgan fingerprint density at radius 2 is 1.38 bits per heavy atom. The number of carbonyl (C=O) groups is 4. The first kappa shape index (κ1) is 26.0. The first-order chi connectivity index (χ1) is 10.7. The van der Waals surface area contributed by atoms with Crippen molar-refractivity contribution in [1.29, 1.82) is 0 Å². The monoisotopic (exact) mass is 343 g/mol. The summed E-state index contributed by atoms with van der Waals surface area (Å²) in [7, 11) is 0. The maximum Gasteiger partial charge on any atom is 0.333 e. The molecule has 0 aromatic carbocycles. The molecule has 0 radical (unpaired) electrons. The zero-order valence-corrected chi connectivity index (χ0v) is 14.6. The van der Waals surface area contributed by atoms with Gasteiger partial charge in [-0.25, -0.2) is 14.4 Å².